The standard InChI is InChI=1S/C26H27FN6O3/c1-3-17-12-22(25(34)32-10-6-4-5-7-16(32)2)29-24-13-21(30-33(17)24)19-9-8-18(11-20(19)27)31-14-23(26(35)36)28-15-31/h8-9,11-16H,3-7,10H2,1-2H3,(H,35,36)/t16-/m1/s1. The van der Waals surface area contributed by atoms with Crippen molar-refractivity contribution in [2.75, 3.05) is 6.54 Å². The van der Waals surface area contributed by atoms with Crippen LogP contribution in [0.25, 0.3) is 22.6 Å². The third-order valence-electron chi connectivity index (χ3n) is 6.72. The van der Waals surface area contributed by atoms with E-state index < -0.39 is 11.8 Å². The number of rotatable bonds is 5. The summed E-state index contributed by atoms with van der Waals surface area (Å²) in [5.41, 5.74) is 2.66. The lowest BCUT2D eigenvalue weighted by Crippen LogP contribution is -2.38. The summed E-state index contributed by atoms with van der Waals surface area (Å²) in [7, 11) is 0. The number of aryl methyl sites for hydroxylation is 1. The molecule has 186 valence electrons. The molecule has 10 heteroatoms. The van der Waals surface area contributed by atoms with Gasteiger partial charge >= 0.3 is 5.97 Å². The zero-order valence-corrected chi connectivity index (χ0v) is 20.2. The lowest BCUT2D eigenvalue weighted by molar-refractivity contribution is 0.0682. The first-order valence-electron chi connectivity index (χ1n) is 12.1. The van der Waals surface area contributed by atoms with Crippen molar-refractivity contribution in [1.29, 1.82) is 0 Å². The van der Waals surface area contributed by atoms with Crippen molar-refractivity contribution >= 4 is 17.5 Å². The quantitative estimate of drug-likeness (QED) is 0.445. The summed E-state index contributed by atoms with van der Waals surface area (Å²) in [5, 5.41) is 13.6. The molecule has 0 spiro atoms. The summed E-state index contributed by atoms with van der Waals surface area (Å²) < 4.78 is 18.2. The second-order valence-corrected chi connectivity index (χ2v) is 9.12. The number of carboxylic acids is 1. The minimum atomic E-state index is -1.15. The number of carbonyl (C=O) groups excluding carboxylic acids is 1. The van der Waals surface area contributed by atoms with Crippen LogP contribution in [0.1, 0.15) is 66.2 Å². The van der Waals surface area contributed by atoms with E-state index in [0.717, 1.165) is 37.9 Å². The van der Waals surface area contributed by atoms with Crippen LogP contribution in [0.5, 0.6) is 0 Å². The Morgan fingerprint density at radius 1 is 1.14 bits per heavy atom. The normalized spacial score (nSPS) is 16.3. The third-order valence-corrected chi connectivity index (χ3v) is 6.72. The summed E-state index contributed by atoms with van der Waals surface area (Å²) in [6, 6.07) is 8.18. The van der Waals surface area contributed by atoms with Crippen molar-refractivity contribution < 1.29 is 19.1 Å². The predicted molar refractivity (Wildman–Crippen MR) is 131 cm³/mol. The Morgan fingerprint density at radius 2 is 1.97 bits per heavy atom. The number of halogens is 1. The van der Waals surface area contributed by atoms with Crippen molar-refractivity contribution in [1.82, 2.24) is 29.0 Å². The van der Waals surface area contributed by atoms with Gasteiger partial charge in [-0.05, 0) is 50.5 Å². The molecule has 3 aromatic heterocycles. The molecule has 36 heavy (non-hydrogen) atoms. The number of benzene rings is 1. The molecule has 9 nitrogen and oxygen atoms in total. The highest BCUT2D eigenvalue weighted by Crippen LogP contribution is 2.26. The van der Waals surface area contributed by atoms with E-state index in [-0.39, 0.29) is 23.2 Å². The van der Waals surface area contributed by atoms with Gasteiger partial charge in [-0.25, -0.2) is 23.7 Å². The van der Waals surface area contributed by atoms with Crippen molar-refractivity contribution in [3.63, 3.8) is 0 Å². The van der Waals surface area contributed by atoms with Gasteiger partial charge in [0.25, 0.3) is 5.91 Å². The molecule has 1 amide bonds. The highest BCUT2D eigenvalue weighted by Gasteiger charge is 2.25. The van der Waals surface area contributed by atoms with E-state index in [1.54, 1.807) is 28.8 Å². The van der Waals surface area contributed by atoms with Gasteiger partial charge in [-0.15, -0.1) is 0 Å². The summed E-state index contributed by atoms with van der Waals surface area (Å²) in [4.78, 5) is 34.8. The van der Waals surface area contributed by atoms with Gasteiger partial charge in [0.05, 0.1) is 5.69 Å². The molecular formula is C26H27FN6O3. The third kappa shape index (κ3) is 4.34. The summed E-state index contributed by atoms with van der Waals surface area (Å²) in [6.07, 6.45) is 7.49. The van der Waals surface area contributed by atoms with E-state index in [1.165, 1.54) is 23.2 Å². The zero-order valence-electron chi connectivity index (χ0n) is 20.2. The van der Waals surface area contributed by atoms with Crippen molar-refractivity contribution in [3.05, 3.63) is 65.8 Å². The second kappa shape index (κ2) is 9.52. The van der Waals surface area contributed by atoms with Gasteiger partial charge in [-0.2, -0.15) is 5.10 Å². The molecule has 5 rings (SSSR count). The molecule has 1 N–H and O–H groups in total. The Hall–Kier alpha value is -4.08. The first kappa shape index (κ1) is 23.7. The van der Waals surface area contributed by atoms with Gasteiger partial charge in [0.1, 0.15) is 17.8 Å². The smallest absolute Gasteiger partial charge is 0.356 e. The van der Waals surface area contributed by atoms with E-state index in [4.69, 9.17) is 5.11 Å². The van der Waals surface area contributed by atoms with E-state index in [0.29, 0.717) is 29.1 Å². The highest BCUT2D eigenvalue weighted by atomic mass is 19.1. The SMILES string of the molecule is CCc1cc(C(=O)N2CCCCC[C@H]2C)nc2cc(-c3ccc(-n4cnc(C(=O)O)c4)cc3F)nn12. The Labute approximate surface area is 207 Å². The molecule has 0 bridgehead atoms. The molecule has 1 aliphatic heterocycles. The van der Waals surface area contributed by atoms with Crippen molar-refractivity contribution in [2.45, 2.75) is 52.0 Å². The predicted octanol–water partition coefficient (Wildman–Crippen LogP) is 4.39. The van der Waals surface area contributed by atoms with Crippen LogP contribution < -0.4 is 0 Å². The minimum Gasteiger partial charge on any atom is -0.476 e. The first-order valence-corrected chi connectivity index (χ1v) is 12.1. The molecule has 1 fully saturated rings. The van der Waals surface area contributed by atoms with Crippen molar-refractivity contribution in [2.24, 2.45) is 0 Å². The summed E-state index contributed by atoms with van der Waals surface area (Å²) in [5.74, 6) is -1.76. The van der Waals surface area contributed by atoms with Crippen LogP contribution in [0, 0.1) is 5.82 Å². The van der Waals surface area contributed by atoms with Crippen LogP contribution >= 0.6 is 0 Å². The fourth-order valence-corrected chi connectivity index (χ4v) is 4.70. The van der Waals surface area contributed by atoms with Gasteiger partial charge in [0, 0.05) is 41.8 Å². The lowest BCUT2D eigenvalue weighted by atomic mass is 10.1. The largest absolute Gasteiger partial charge is 0.476 e. The maximum atomic E-state index is 15.1. The Kier molecular flexibility index (Phi) is 6.26. The number of fused-ring (bicyclic) bond motifs is 1. The number of likely N-dealkylation sites (tertiary alicyclic amines) is 1. The van der Waals surface area contributed by atoms with Crippen LogP contribution in [0.15, 0.2) is 42.9 Å². The number of carboxylic acid groups (broad SMARTS) is 1. The number of hydrogen-bond acceptors (Lipinski definition) is 5. The topological polar surface area (TPSA) is 106 Å². The van der Waals surface area contributed by atoms with Gasteiger partial charge in [-0.1, -0.05) is 19.8 Å². The molecule has 4 aromatic rings. The molecule has 0 radical (unpaired) electrons. The summed E-state index contributed by atoms with van der Waals surface area (Å²) >= 11 is 0. The molecule has 0 saturated carbocycles. The van der Waals surface area contributed by atoms with E-state index in [9.17, 15) is 9.59 Å². The number of aromatic nitrogens is 5. The fraction of sp³-hybridized carbons (Fsp3) is 0.346. The van der Waals surface area contributed by atoms with E-state index in [1.807, 2.05) is 11.8 Å². The number of aromatic carboxylic acids is 1. The van der Waals surface area contributed by atoms with Crippen LogP contribution in [0.2, 0.25) is 0 Å². The lowest BCUT2D eigenvalue weighted by Gasteiger charge is -2.27. The number of hydrogen-bond donors (Lipinski definition) is 1. The van der Waals surface area contributed by atoms with Crippen LogP contribution in [-0.4, -0.2) is 58.6 Å². The maximum Gasteiger partial charge on any atom is 0.356 e. The van der Waals surface area contributed by atoms with Crippen molar-refractivity contribution in [3.8, 4) is 16.9 Å². The summed E-state index contributed by atoms with van der Waals surface area (Å²) in [6.45, 7) is 4.78. The Bertz CT molecular complexity index is 1460. The Morgan fingerprint density at radius 3 is 2.69 bits per heavy atom. The number of amides is 1. The maximum absolute atomic E-state index is 15.1. The number of carbonyl (C=O) groups is 2. The number of nitrogens with zero attached hydrogens (tertiary/aromatic N) is 6. The monoisotopic (exact) mass is 490 g/mol. The molecule has 1 aromatic carbocycles. The van der Waals surface area contributed by atoms with Crippen LogP contribution in [0.4, 0.5) is 4.39 Å². The molecule has 1 atom stereocenters. The molecule has 1 saturated heterocycles. The average Bonchev–Trinajstić information content (AvgIpc) is 3.47. The first-order chi connectivity index (χ1) is 17.4. The number of imidazole rings is 1. The zero-order chi connectivity index (χ0) is 25.4. The van der Waals surface area contributed by atoms with Gasteiger partial charge in [-0.3, -0.25) is 4.79 Å². The fourth-order valence-electron chi connectivity index (χ4n) is 4.70. The van der Waals surface area contributed by atoms with Gasteiger partial charge in [0.2, 0.25) is 0 Å². The molecule has 0 aliphatic carbocycles. The van der Waals surface area contributed by atoms with Crippen LogP contribution in [0.3, 0.4) is 0 Å². The van der Waals surface area contributed by atoms with Gasteiger partial charge in [0.15, 0.2) is 11.3 Å². The van der Waals surface area contributed by atoms with E-state index >= 15 is 4.39 Å². The van der Waals surface area contributed by atoms with Crippen LogP contribution in [-0.2, 0) is 6.42 Å². The molecule has 0 unspecified atom stereocenters. The Balaban J connectivity index is 1.49. The average molecular weight is 491 g/mol. The van der Waals surface area contributed by atoms with Gasteiger partial charge < -0.3 is 14.6 Å². The highest BCUT2D eigenvalue weighted by molar-refractivity contribution is 5.93. The second-order valence-electron chi connectivity index (χ2n) is 9.12. The minimum absolute atomic E-state index is 0.0825. The molecular weight excluding hydrogens is 463 g/mol. The van der Waals surface area contributed by atoms with E-state index in [2.05, 4.69) is 22.0 Å². The molecule has 1 aliphatic rings. The molecule has 4 heterocycles.